The molecule has 1 aliphatic carbocycles. The molecule has 1 saturated carbocycles. The average molecular weight is 344 g/mol. The Kier molecular flexibility index (Phi) is 4.56. The van der Waals surface area contributed by atoms with Gasteiger partial charge in [0.05, 0.1) is 25.5 Å². The number of aromatic nitrogens is 1. The van der Waals surface area contributed by atoms with E-state index in [0.717, 1.165) is 37.8 Å². The van der Waals surface area contributed by atoms with E-state index < -0.39 is 0 Å². The predicted molar refractivity (Wildman–Crippen MR) is 89.1 cm³/mol. The SMILES string of the molecule is O=C1CC(CC2CCC3(CC2)OCCO3)C(=O)N1Cc1ccccn1. The van der Waals surface area contributed by atoms with E-state index in [4.69, 9.17) is 9.47 Å². The van der Waals surface area contributed by atoms with Crippen LogP contribution in [0.5, 0.6) is 0 Å². The highest BCUT2D eigenvalue weighted by molar-refractivity contribution is 6.03. The molecule has 0 N–H and O–H groups in total. The number of carbonyl (C=O) groups excluding carboxylic acids is 2. The van der Waals surface area contributed by atoms with Gasteiger partial charge in [-0.25, -0.2) is 0 Å². The van der Waals surface area contributed by atoms with Crippen LogP contribution in [-0.2, 0) is 25.6 Å². The van der Waals surface area contributed by atoms with Crippen molar-refractivity contribution in [2.45, 2.75) is 50.9 Å². The van der Waals surface area contributed by atoms with Crippen molar-refractivity contribution in [1.82, 2.24) is 9.88 Å². The highest BCUT2D eigenvalue weighted by Gasteiger charge is 2.43. The molecule has 1 unspecified atom stereocenters. The molecule has 0 radical (unpaired) electrons. The highest BCUT2D eigenvalue weighted by Crippen LogP contribution is 2.41. The molecular weight excluding hydrogens is 320 g/mol. The number of amides is 2. The fourth-order valence-electron chi connectivity index (χ4n) is 4.30. The fraction of sp³-hybridized carbons (Fsp3) is 0.632. The third-order valence-corrected chi connectivity index (χ3v) is 5.68. The first kappa shape index (κ1) is 16.7. The number of hydrogen-bond acceptors (Lipinski definition) is 5. The Morgan fingerprint density at radius 3 is 2.60 bits per heavy atom. The van der Waals surface area contributed by atoms with Gasteiger partial charge >= 0.3 is 0 Å². The molecule has 3 aliphatic rings. The van der Waals surface area contributed by atoms with Crippen LogP contribution in [-0.4, -0.2) is 40.7 Å². The van der Waals surface area contributed by atoms with Crippen LogP contribution in [0.2, 0.25) is 0 Å². The maximum atomic E-state index is 12.7. The molecule has 25 heavy (non-hydrogen) atoms. The summed E-state index contributed by atoms with van der Waals surface area (Å²) in [6.07, 6.45) is 6.59. The molecule has 2 aliphatic heterocycles. The van der Waals surface area contributed by atoms with Gasteiger partial charge in [0.15, 0.2) is 5.79 Å². The standard InChI is InChI=1S/C19H24N2O4/c22-17-12-15(18(23)21(17)13-16-3-1-2-8-20-16)11-14-4-6-19(7-5-14)24-9-10-25-19/h1-3,8,14-15H,4-7,9-13H2. The monoisotopic (exact) mass is 344 g/mol. The smallest absolute Gasteiger partial charge is 0.233 e. The number of carbonyl (C=O) groups is 2. The van der Waals surface area contributed by atoms with Crippen molar-refractivity contribution in [3.63, 3.8) is 0 Å². The van der Waals surface area contributed by atoms with Gasteiger partial charge in [-0.3, -0.25) is 19.5 Å². The molecular formula is C19H24N2O4. The van der Waals surface area contributed by atoms with Crippen LogP contribution < -0.4 is 0 Å². The van der Waals surface area contributed by atoms with Gasteiger partial charge in [0.2, 0.25) is 11.8 Å². The maximum Gasteiger partial charge on any atom is 0.233 e. The molecule has 3 heterocycles. The van der Waals surface area contributed by atoms with Crippen LogP contribution in [0.3, 0.4) is 0 Å². The van der Waals surface area contributed by atoms with Crippen LogP contribution >= 0.6 is 0 Å². The van der Waals surface area contributed by atoms with Crippen molar-refractivity contribution in [1.29, 1.82) is 0 Å². The molecule has 2 amide bonds. The molecule has 1 atom stereocenters. The van der Waals surface area contributed by atoms with Crippen LogP contribution in [0.1, 0.15) is 44.2 Å². The normalized spacial score (nSPS) is 26.7. The molecule has 4 rings (SSSR count). The molecule has 6 heteroatoms. The summed E-state index contributed by atoms with van der Waals surface area (Å²) in [6.45, 7) is 1.65. The van der Waals surface area contributed by atoms with Crippen molar-refractivity contribution < 1.29 is 19.1 Å². The summed E-state index contributed by atoms with van der Waals surface area (Å²) in [5.74, 6) is -0.188. The second kappa shape index (κ2) is 6.84. The second-order valence-corrected chi connectivity index (χ2v) is 7.33. The predicted octanol–water partition coefficient (Wildman–Crippen LogP) is 2.28. The van der Waals surface area contributed by atoms with Crippen molar-refractivity contribution >= 4 is 11.8 Å². The minimum atomic E-state index is -0.364. The third-order valence-electron chi connectivity index (χ3n) is 5.68. The summed E-state index contributed by atoms with van der Waals surface area (Å²) < 4.78 is 11.5. The zero-order valence-electron chi connectivity index (χ0n) is 14.4. The lowest BCUT2D eigenvalue weighted by Crippen LogP contribution is -2.36. The topological polar surface area (TPSA) is 68.7 Å². The lowest BCUT2D eigenvalue weighted by molar-refractivity contribution is -0.183. The summed E-state index contributed by atoms with van der Waals surface area (Å²) in [5, 5.41) is 0. The van der Waals surface area contributed by atoms with Gasteiger partial charge in [-0.05, 0) is 37.3 Å². The quantitative estimate of drug-likeness (QED) is 0.784. The van der Waals surface area contributed by atoms with Gasteiger partial charge in [0, 0.05) is 31.4 Å². The van der Waals surface area contributed by atoms with Gasteiger partial charge in [-0.2, -0.15) is 0 Å². The Hall–Kier alpha value is -1.79. The van der Waals surface area contributed by atoms with Gasteiger partial charge in [0.25, 0.3) is 0 Å². The Bertz CT molecular complexity index is 632. The van der Waals surface area contributed by atoms with Crippen molar-refractivity contribution in [2.75, 3.05) is 13.2 Å². The zero-order chi connectivity index (χ0) is 17.3. The molecule has 1 aromatic rings. The van der Waals surface area contributed by atoms with Gasteiger partial charge in [-0.15, -0.1) is 0 Å². The summed E-state index contributed by atoms with van der Waals surface area (Å²) in [5.41, 5.74) is 0.750. The molecule has 3 fully saturated rings. The van der Waals surface area contributed by atoms with E-state index >= 15 is 0 Å². The maximum absolute atomic E-state index is 12.7. The first-order valence-corrected chi connectivity index (χ1v) is 9.17. The van der Waals surface area contributed by atoms with Crippen LogP contribution in [0.15, 0.2) is 24.4 Å². The van der Waals surface area contributed by atoms with E-state index in [-0.39, 0.29) is 30.1 Å². The number of pyridine rings is 1. The summed E-state index contributed by atoms with van der Waals surface area (Å²) in [4.78, 5) is 30.5. The minimum Gasteiger partial charge on any atom is -0.348 e. The number of hydrogen-bond donors (Lipinski definition) is 0. The van der Waals surface area contributed by atoms with Crippen LogP contribution in [0.25, 0.3) is 0 Å². The highest BCUT2D eigenvalue weighted by atomic mass is 16.7. The van der Waals surface area contributed by atoms with E-state index in [0.29, 0.717) is 25.6 Å². The fourth-order valence-corrected chi connectivity index (χ4v) is 4.30. The molecule has 134 valence electrons. The summed E-state index contributed by atoms with van der Waals surface area (Å²) >= 11 is 0. The minimum absolute atomic E-state index is 0.0377. The van der Waals surface area contributed by atoms with Gasteiger partial charge in [-0.1, -0.05) is 6.07 Å². The van der Waals surface area contributed by atoms with E-state index in [1.54, 1.807) is 6.20 Å². The molecule has 2 saturated heterocycles. The van der Waals surface area contributed by atoms with E-state index in [1.807, 2.05) is 18.2 Å². The molecule has 0 aromatic carbocycles. The third kappa shape index (κ3) is 3.46. The Labute approximate surface area is 147 Å². The second-order valence-electron chi connectivity index (χ2n) is 7.33. The first-order valence-electron chi connectivity index (χ1n) is 9.17. The summed E-state index contributed by atoms with van der Waals surface area (Å²) in [7, 11) is 0. The lowest BCUT2D eigenvalue weighted by Gasteiger charge is -2.35. The number of nitrogens with zero attached hydrogens (tertiary/aromatic N) is 2. The van der Waals surface area contributed by atoms with Gasteiger partial charge < -0.3 is 9.47 Å². The van der Waals surface area contributed by atoms with Gasteiger partial charge in [0.1, 0.15) is 0 Å². The molecule has 1 aromatic heterocycles. The Balaban J connectivity index is 1.33. The van der Waals surface area contributed by atoms with Crippen molar-refractivity contribution in [3.05, 3.63) is 30.1 Å². The van der Waals surface area contributed by atoms with E-state index in [9.17, 15) is 9.59 Å². The van der Waals surface area contributed by atoms with Crippen molar-refractivity contribution in [2.24, 2.45) is 11.8 Å². The number of ether oxygens (including phenoxy) is 2. The number of imide groups is 1. The molecule has 1 spiro atoms. The zero-order valence-corrected chi connectivity index (χ0v) is 14.4. The van der Waals surface area contributed by atoms with Crippen molar-refractivity contribution in [3.8, 4) is 0 Å². The van der Waals surface area contributed by atoms with E-state index in [2.05, 4.69) is 4.98 Å². The molecule has 0 bridgehead atoms. The number of likely N-dealkylation sites (tertiary alicyclic amines) is 1. The van der Waals surface area contributed by atoms with Crippen LogP contribution in [0.4, 0.5) is 0 Å². The Morgan fingerprint density at radius 2 is 1.92 bits per heavy atom. The molecule has 6 nitrogen and oxygen atoms in total. The number of rotatable bonds is 4. The average Bonchev–Trinajstić information content (AvgIpc) is 3.19. The summed E-state index contributed by atoms with van der Waals surface area (Å²) in [6, 6.07) is 5.54. The van der Waals surface area contributed by atoms with E-state index in [1.165, 1.54) is 4.90 Å². The van der Waals surface area contributed by atoms with Crippen LogP contribution in [0, 0.1) is 11.8 Å². The largest absolute Gasteiger partial charge is 0.348 e. The lowest BCUT2D eigenvalue weighted by atomic mass is 9.79. The first-order chi connectivity index (χ1) is 12.2. The Morgan fingerprint density at radius 1 is 1.16 bits per heavy atom.